The molecular weight excluding hydrogens is 210 g/mol. The van der Waals surface area contributed by atoms with E-state index in [0.29, 0.717) is 12.0 Å². The predicted octanol–water partition coefficient (Wildman–Crippen LogP) is 4.37. The fraction of sp³-hybridized carbons (Fsp3) is 0.733. The van der Waals surface area contributed by atoms with E-state index in [1.165, 1.54) is 18.4 Å². The Balaban J connectivity index is 2.88. The van der Waals surface area contributed by atoms with Crippen LogP contribution in [-0.4, -0.2) is 6.54 Å². The van der Waals surface area contributed by atoms with E-state index in [1.54, 1.807) is 0 Å². The molecule has 17 heavy (non-hydrogen) atoms. The molecule has 0 aliphatic rings. The molecule has 1 heterocycles. The van der Waals surface area contributed by atoms with Gasteiger partial charge in [0.25, 0.3) is 0 Å². The van der Waals surface area contributed by atoms with Crippen molar-refractivity contribution in [2.75, 3.05) is 6.54 Å². The molecule has 1 unspecified atom stereocenters. The number of rotatable bonds is 7. The lowest BCUT2D eigenvalue weighted by Crippen LogP contribution is -2.28. The fourth-order valence-electron chi connectivity index (χ4n) is 2.31. The van der Waals surface area contributed by atoms with E-state index in [2.05, 4.69) is 39.1 Å². The van der Waals surface area contributed by atoms with Gasteiger partial charge < -0.3 is 9.73 Å². The van der Waals surface area contributed by atoms with Crippen molar-refractivity contribution in [2.24, 2.45) is 5.92 Å². The minimum Gasteiger partial charge on any atom is -0.464 e. The van der Waals surface area contributed by atoms with Crippen molar-refractivity contribution in [1.82, 2.24) is 5.32 Å². The van der Waals surface area contributed by atoms with Crippen LogP contribution in [0.15, 0.2) is 10.5 Å². The van der Waals surface area contributed by atoms with Crippen LogP contribution in [0.5, 0.6) is 0 Å². The van der Waals surface area contributed by atoms with Gasteiger partial charge in [0.1, 0.15) is 11.5 Å². The van der Waals surface area contributed by atoms with Crippen molar-refractivity contribution in [3.8, 4) is 0 Å². The number of furan rings is 1. The van der Waals surface area contributed by atoms with Crippen LogP contribution in [0.3, 0.4) is 0 Å². The minimum atomic E-state index is 0.373. The summed E-state index contributed by atoms with van der Waals surface area (Å²) in [6.45, 7) is 11.9. The summed E-state index contributed by atoms with van der Waals surface area (Å²) in [7, 11) is 0. The molecule has 0 radical (unpaired) electrons. The van der Waals surface area contributed by atoms with Crippen LogP contribution < -0.4 is 5.32 Å². The third-order valence-corrected chi connectivity index (χ3v) is 3.63. The van der Waals surface area contributed by atoms with Crippen molar-refractivity contribution in [1.29, 1.82) is 0 Å². The first kappa shape index (κ1) is 14.3. The average Bonchev–Trinajstić information content (AvgIpc) is 2.65. The summed E-state index contributed by atoms with van der Waals surface area (Å²) in [5, 5.41) is 3.63. The predicted molar refractivity (Wildman–Crippen MR) is 73.3 cm³/mol. The molecule has 0 saturated carbocycles. The quantitative estimate of drug-likeness (QED) is 0.761. The molecule has 0 saturated heterocycles. The van der Waals surface area contributed by atoms with Gasteiger partial charge in [0, 0.05) is 0 Å². The van der Waals surface area contributed by atoms with Crippen LogP contribution in [0.25, 0.3) is 0 Å². The highest BCUT2D eigenvalue weighted by Crippen LogP contribution is 2.30. The zero-order valence-corrected chi connectivity index (χ0v) is 12.0. The van der Waals surface area contributed by atoms with E-state index in [0.717, 1.165) is 24.5 Å². The van der Waals surface area contributed by atoms with Crippen LogP contribution in [0.1, 0.15) is 63.2 Å². The largest absolute Gasteiger partial charge is 0.464 e. The van der Waals surface area contributed by atoms with Gasteiger partial charge in [-0.1, -0.05) is 33.6 Å². The molecule has 0 aliphatic heterocycles. The first-order valence-corrected chi connectivity index (χ1v) is 6.94. The second-order valence-corrected chi connectivity index (χ2v) is 4.90. The summed E-state index contributed by atoms with van der Waals surface area (Å²) >= 11 is 0. The normalized spacial score (nSPS) is 13.3. The minimum absolute atomic E-state index is 0.373. The smallest absolute Gasteiger partial charge is 0.121 e. The van der Waals surface area contributed by atoms with Gasteiger partial charge >= 0.3 is 0 Å². The Morgan fingerprint density at radius 2 is 1.82 bits per heavy atom. The Hall–Kier alpha value is -0.760. The van der Waals surface area contributed by atoms with Gasteiger partial charge in [-0.25, -0.2) is 0 Å². The first-order chi connectivity index (χ1) is 8.13. The molecule has 98 valence electrons. The number of aryl methyl sites for hydroxylation is 2. The standard InChI is InChI=1S/C15H27NO/c1-6-9-16-15(13(7-2)8-3)14-10-11(4)12(5)17-14/h10,13,15-16H,6-9H2,1-5H3. The molecule has 0 aromatic carbocycles. The van der Waals surface area contributed by atoms with Crippen molar-refractivity contribution < 1.29 is 4.42 Å². The fourth-order valence-corrected chi connectivity index (χ4v) is 2.31. The summed E-state index contributed by atoms with van der Waals surface area (Å²) < 4.78 is 5.90. The summed E-state index contributed by atoms with van der Waals surface area (Å²) in [5.41, 5.74) is 1.26. The van der Waals surface area contributed by atoms with Crippen LogP contribution >= 0.6 is 0 Å². The van der Waals surface area contributed by atoms with Gasteiger partial charge in [-0.05, 0) is 44.4 Å². The highest BCUT2D eigenvalue weighted by molar-refractivity contribution is 5.21. The van der Waals surface area contributed by atoms with E-state index >= 15 is 0 Å². The highest BCUT2D eigenvalue weighted by Gasteiger charge is 2.23. The van der Waals surface area contributed by atoms with Crippen LogP contribution in [0.4, 0.5) is 0 Å². The zero-order chi connectivity index (χ0) is 12.8. The zero-order valence-electron chi connectivity index (χ0n) is 12.0. The van der Waals surface area contributed by atoms with E-state index in [9.17, 15) is 0 Å². The van der Waals surface area contributed by atoms with E-state index in [4.69, 9.17) is 4.42 Å². The molecule has 2 nitrogen and oxygen atoms in total. The van der Waals surface area contributed by atoms with E-state index in [1.807, 2.05) is 6.92 Å². The molecule has 0 amide bonds. The van der Waals surface area contributed by atoms with Crippen molar-refractivity contribution in [2.45, 2.75) is 59.9 Å². The lowest BCUT2D eigenvalue weighted by Gasteiger charge is -2.24. The molecule has 0 spiro atoms. The molecule has 1 aromatic heterocycles. The molecule has 0 bridgehead atoms. The van der Waals surface area contributed by atoms with E-state index < -0.39 is 0 Å². The maximum Gasteiger partial charge on any atom is 0.121 e. The number of hydrogen-bond donors (Lipinski definition) is 1. The Labute approximate surface area is 106 Å². The summed E-state index contributed by atoms with van der Waals surface area (Å²) in [4.78, 5) is 0. The van der Waals surface area contributed by atoms with Gasteiger partial charge in [0.15, 0.2) is 0 Å². The van der Waals surface area contributed by atoms with Gasteiger partial charge in [-0.15, -0.1) is 0 Å². The molecule has 2 heteroatoms. The second kappa shape index (κ2) is 6.85. The van der Waals surface area contributed by atoms with E-state index in [-0.39, 0.29) is 0 Å². The van der Waals surface area contributed by atoms with Gasteiger partial charge in [0.2, 0.25) is 0 Å². The third-order valence-electron chi connectivity index (χ3n) is 3.63. The Morgan fingerprint density at radius 1 is 1.18 bits per heavy atom. The van der Waals surface area contributed by atoms with Crippen LogP contribution in [-0.2, 0) is 0 Å². The summed E-state index contributed by atoms with van der Waals surface area (Å²) in [5.74, 6) is 2.82. The number of hydrogen-bond acceptors (Lipinski definition) is 2. The topological polar surface area (TPSA) is 25.2 Å². The maximum absolute atomic E-state index is 5.90. The summed E-state index contributed by atoms with van der Waals surface area (Å²) in [6, 6.07) is 2.57. The molecular formula is C15H27NO. The lowest BCUT2D eigenvalue weighted by atomic mass is 9.92. The maximum atomic E-state index is 5.90. The number of nitrogens with one attached hydrogen (secondary N) is 1. The van der Waals surface area contributed by atoms with Crippen molar-refractivity contribution in [3.63, 3.8) is 0 Å². The Bertz CT molecular complexity index is 306. The van der Waals surface area contributed by atoms with Gasteiger partial charge in [-0.2, -0.15) is 0 Å². The Morgan fingerprint density at radius 3 is 2.24 bits per heavy atom. The van der Waals surface area contributed by atoms with Crippen LogP contribution in [0, 0.1) is 19.8 Å². The second-order valence-electron chi connectivity index (χ2n) is 4.90. The van der Waals surface area contributed by atoms with Crippen molar-refractivity contribution >= 4 is 0 Å². The molecule has 1 aromatic rings. The highest BCUT2D eigenvalue weighted by atomic mass is 16.3. The average molecular weight is 237 g/mol. The molecule has 0 aliphatic carbocycles. The van der Waals surface area contributed by atoms with Crippen molar-refractivity contribution in [3.05, 3.63) is 23.2 Å². The molecule has 1 N–H and O–H groups in total. The third kappa shape index (κ3) is 3.60. The molecule has 0 fully saturated rings. The lowest BCUT2D eigenvalue weighted by molar-refractivity contribution is 0.291. The first-order valence-electron chi connectivity index (χ1n) is 6.94. The monoisotopic (exact) mass is 237 g/mol. The Kier molecular flexibility index (Phi) is 5.76. The van der Waals surface area contributed by atoms with Gasteiger partial charge in [0.05, 0.1) is 6.04 Å². The SMILES string of the molecule is CCCNC(c1cc(C)c(C)o1)C(CC)CC. The molecule has 1 rings (SSSR count). The molecule has 1 atom stereocenters. The van der Waals surface area contributed by atoms with Gasteiger partial charge in [-0.3, -0.25) is 0 Å². The van der Waals surface area contributed by atoms with Crippen LogP contribution in [0.2, 0.25) is 0 Å². The summed E-state index contributed by atoms with van der Waals surface area (Å²) in [6.07, 6.45) is 3.54.